The predicted molar refractivity (Wildman–Crippen MR) is 111 cm³/mol. The summed E-state index contributed by atoms with van der Waals surface area (Å²) in [6, 6.07) is 3.53. The molecule has 2 aromatic heterocycles. The van der Waals surface area contributed by atoms with Gasteiger partial charge in [-0.1, -0.05) is 0 Å². The number of halogens is 1. The van der Waals surface area contributed by atoms with Gasteiger partial charge in [0, 0.05) is 23.1 Å². The van der Waals surface area contributed by atoms with Crippen LogP contribution in [-0.2, 0) is 20.7 Å². The molecule has 31 heavy (non-hydrogen) atoms. The SMILES string of the molecule is COC(=O)[C@H]1C[C@@H]1COc1ccc2ncc(F)c(CCC34CCC(N)(CC3)CO4)c2n1. The molecule has 4 aliphatic rings. The lowest BCUT2D eigenvalue weighted by atomic mass is 9.70. The summed E-state index contributed by atoms with van der Waals surface area (Å²) in [6.45, 7) is 0.963. The van der Waals surface area contributed by atoms with E-state index in [-0.39, 0.29) is 34.8 Å². The van der Waals surface area contributed by atoms with Crippen LogP contribution in [0.5, 0.6) is 5.88 Å². The molecule has 2 aromatic rings. The van der Waals surface area contributed by atoms with Gasteiger partial charge in [0.2, 0.25) is 5.88 Å². The lowest BCUT2D eigenvalue weighted by Gasteiger charge is -2.51. The maximum Gasteiger partial charge on any atom is 0.309 e. The number of fused-ring (bicyclic) bond motifs is 4. The fourth-order valence-electron chi connectivity index (χ4n) is 4.92. The molecule has 0 amide bonds. The molecule has 2 saturated carbocycles. The van der Waals surface area contributed by atoms with Crippen LogP contribution < -0.4 is 10.5 Å². The highest BCUT2D eigenvalue weighted by Gasteiger charge is 2.47. The normalized spacial score (nSPS) is 31.6. The van der Waals surface area contributed by atoms with Gasteiger partial charge < -0.3 is 19.9 Å². The van der Waals surface area contributed by atoms with E-state index in [4.69, 9.17) is 19.9 Å². The standard InChI is InChI=1S/C23H28FN3O4/c1-29-21(28)16-10-14(16)12-30-19-3-2-18-20(27-19)15(17(24)11-26-18)4-5-23-8-6-22(25,7-9-23)13-31-23/h2-3,11,14,16H,4-10,12-13,25H2,1H3/t14-,16+,22?,23?/m1/s1. The Kier molecular flexibility index (Phi) is 5.09. The number of nitrogens with zero attached hydrogens (tertiary/aromatic N) is 2. The van der Waals surface area contributed by atoms with Crippen molar-refractivity contribution in [2.45, 2.75) is 56.1 Å². The number of aromatic nitrogens is 2. The number of esters is 1. The number of carbonyl (C=O) groups is 1. The van der Waals surface area contributed by atoms with Gasteiger partial charge in [0.25, 0.3) is 0 Å². The molecule has 2 bridgehead atoms. The second kappa shape index (κ2) is 7.67. The molecule has 0 radical (unpaired) electrons. The molecule has 2 aliphatic heterocycles. The number of hydrogen-bond acceptors (Lipinski definition) is 7. The predicted octanol–water partition coefficient (Wildman–Crippen LogP) is 2.93. The lowest BCUT2D eigenvalue weighted by Crippen LogP contribution is -2.59. The highest BCUT2D eigenvalue weighted by molar-refractivity contribution is 5.78. The van der Waals surface area contributed by atoms with Gasteiger partial charge in [0.15, 0.2) is 0 Å². The van der Waals surface area contributed by atoms with Gasteiger partial charge in [-0.25, -0.2) is 9.37 Å². The Hall–Kier alpha value is -2.32. The number of methoxy groups -OCH3 is 1. The largest absolute Gasteiger partial charge is 0.477 e. The molecule has 4 fully saturated rings. The van der Waals surface area contributed by atoms with E-state index in [1.807, 2.05) is 0 Å². The van der Waals surface area contributed by atoms with Gasteiger partial charge in [0.05, 0.1) is 49.1 Å². The highest BCUT2D eigenvalue weighted by atomic mass is 19.1. The molecule has 2 N–H and O–H groups in total. The maximum absolute atomic E-state index is 14.8. The van der Waals surface area contributed by atoms with E-state index in [9.17, 15) is 9.18 Å². The van der Waals surface area contributed by atoms with E-state index in [1.165, 1.54) is 13.3 Å². The topological polar surface area (TPSA) is 96.6 Å². The summed E-state index contributed by atoms with van der Waals surface area (Å²) in [7, 11) is 1.39. The van der Waals surface area contributed by atoms with Gasteiger partial charge in [-0.3, -0.25) is 9.78 Å². The number of aryl methyl sites for hydroxylation is 1. The average Bonchev–Trinajstić information content (AvgIpc) is 3.57. The number of carbonyl (C=O) groups excluding carboxylic acids is 1. The van der Waals surface area contributed by atoms with Crippen molar-refractivity contribution in [2.75, 3.05) is 20.3 Å². The summed E-state index contributed by atoms with van der Waals surface area (Å²) >= 11 is 0. The number of rotatable bonds is 7. The summed E-state index contributed by atoms with van der Waals surface area (Å²) in [4.78, 5) is 20.3. The van der Waals surface area contributed by atoms with Crippen LogP contribution in [0.3, 0.4) is 0 Å². The lowest BCUT2D eigenvalue weighted by molar-refractivity contribution is -0.156. The Morgan fingerprint density at radius 3 is 2.84 bits per heavy atom. The van der Waals surface area contributed by atoms with Crippen LogP contribution in [0, 0.1) is 17.7 Å². The molecule has 0 spiro atoms. The molecular weight excluding hydrogens is 401 g/mol. The summed E-state index contributed by atoms with van der Waals surface area (Å²) in [5.74, 6) is -0.112. The van der Waals surface area contributed by atoms with Gasteiger partial charge in [0.1, 0.15) is 5.82 Å². The maximum atomic E-state index is 14.8. The first-order chi connectivity index (χ1) is 14.9. The molecule has 8 heteroatoms. The van der Waals surface area contributed by atoms with Crippen molar-refractivity contribution in [3.8, 4) is 5.88 Å². The minimum Gasteiger partial charge on any atom is -0.477 e. The Morgan fingerprint density at radius 1 is 1.32 bits per heavy atom. The fourth-order valence-corrected chi connectivity index (χ4v) is 4.92. The molecule has 2 saturated heterocycles. The van der Waals surface area contributed by atoms with Crippen molar-refractivity contribution in [1.82, 2.24) is 9.97 Å². The van der Waals surface area contributed by atoms with E-state index < -0.39 is 0 Å². The van der Waals surface area contributed by atoms with E-state index in [0.717, 1.165) is 38.5 Å². The van der Waals surface area contributed by atoms with Crippen molar-refractivity contribution in [3.05, 3.63) is 29.7 Å². The van der Waals surface area contributed by atoms with Crippen molar-refractivity contribution >= 4 is 17.0 Å². The molecule has 0 aromatic carbocycles. The van der Waals surface area contributed by atoms with Crippen LogP contribution in [0.1, 0.15) is 44.1 Å². The quantitative estimate of drug-likeness (QED) is 0.676. The molecule has 4 heterocycles. The molecular formula is C23H28FN3O4. The third-order valence-corrected chi connectivity index (χ3v) is 7.26. The van der Waals surface area contributed by atoms with Crippen LogP contribution in [0.2, 0.25) is 0 Å². The van der Waals surface area contributed by atoms with Crippen LogP contribution >= 0.6 is 0 Å². The van der Waals surface area contributed by atoms with E-state index in [1.54, 1.807) is 12.1 Å². The molecule has 6 rings (SSSR count). The second-order valence-electron chi connectivity index (χ2n) is 9.37. The Labute approximate surface area is 180 Å². The van der Waals surface area contributed by atoms with E-state index >= 15 is 0 Å². The fraction of sp³-hybridized carbons (Fsp3) is 0.609. The number of hydrogen-bond donors (Lipinski definition) is 1. The Morgan fingerprint density at radius 2 is 2.13 bits per heavy atom. The van der Waals surface area contributed by atoms with Crippen molar-refractivity contribution in [3.63, 3.8) is 0 Å². The third kappa shape index (κ3) is 3.99. The van der Waals surface area contributed by atoms with Crippen LogP contribution in [0.25, 0.3) is 11.0 Å². The zero-order valence-corrected chi connectivity index (χ0v) is 17.7. The van der Waals surface area contributed by atoms with Crippen LogP contribution in [0.15, 0.2) is 18.3 Å². The van der Waals surface area contributed by atoms with Crippen molar-refractivity contribution < 1.29 is 23.4 Å². The van der Waals surface area contributed by atoms with Gasteiger partial charge in [-0.05, 0) is 51.0 Å². The first-order valence-corrected chi connectivity index (χ1v) is 11.0. The molecule has 2 atom stereocenters. The molecule has 7 nitrogen and oxygen atoms in total. The molecule has 0 unspecified atom stereocenters. The zero-order chi connectivity index (χ0) is 21.6. The Balaban J connectivity index is 1.30. The second-order valence-corrected chi connectivity index (χ2v) is 9.37. The van der Waals surface area contributed by atoms with E-state index in [0.29, 0.717) is 42.1 Å². The molecule has 166 valence electrons. The van der Waals surface area contributed by atoms with Crippen LogP contribution in [0.4, 0.5) is 4.39 Å². The monoisotopic (exact) mass is 429 g/mol. The summed E-state index contributed by atoms with van der Waals surface area (Å²) < 4.78 is 31.5. The minimum absolute atomic E-state index is 0.0994. The summed E-state index contributed by atoms with van der Waals surface area (Å²) in [5.41, 5.74) is 7.62. The van der Waals surface area contributed by atoms with Crippen LogP contribution in [-0.4, -0.2) is 47.4 Å². The first kappa shape index (κ1) is 20.6. The van der Waals surface area contributed by atoms with Gasteiger partial charge >= 0.3 is 5.97 Å². The number of ether oxygens (including phenoxy) is 3. The number of pyridine rings is 2. The average molecular weight is 429 g/mol. The van der Waals surface area contributed by atoms with Gasteiger partial charge in [-0.2, -0.15) is 0 Å². The van der Waals surface area contributed by atoms with Crippen molar-refractivity contribution in [1.29, 1.82) is 0 Å². The molecule has 2 aliphatic carbocycles. The zero-order valence-electron chi connectivity index (χ0n) is 17.7. The van der Waals surface area contributed by atoms with Gasteiger partial charge in [-0.15, -0.1) is 0 Å². The number of nitrogens with two attached hydrogens (primary N) is 1. The Bertz CT molecular complexity index is 989. The summed E-state index contributed by atoms with van der Waals surface area (Å²) in [6.07, 6.45) is 7.01. The first-order valence-electron chi connectivity index (χ1n) is 11.0. The highest BCUT2D eigenvalue weighted by Crippen LogP contribution is 2.45. The van der Waals surface area contributed by atoms with E-state index in [2.05, 4.69) is 9.97 Å². The third-order valence-electron chi connectivity index (χ3n) is 7.26. The smallest absolute Gasteiger partial charge is 0.309 e. The minimum atomic E-state index is -0.360. The summed E-state index contributed by atoms with van der Waals surface area (Å²) in [5, 5.41) is 0. The van der Waals surface area contributed by atoms with Crippen molar-refractivity contribution in [2.24, 2.45) is 17.6 Å².